The Morgan fingerprint density at radius 1 is 1.14 bits per heavy atom. The maximum absolute atomic E-state index is 12.4. The van der Waals surface area contributed by atoms with Gasteiger partial charge >= 0.3 is 5.97 Å². The van der Waals surface area contributed by atoms with Crippen LogP contribution in [0.25, 0.3) is 0 Å². The van der Waals surface area contributed by atoms with Gasteiger partial charge in [-0.05, 0) is 31.9 Å². The highest BCUT2D eigenvalue weighted by molar-refractivity contribution is 6.21. The van der Waals surface area contributed by atoms with E-state index in [0.29, 0.717) is 24.0 Å². The van der Waals surface area contributed by atoms with Crippen molar-refractivity contribution in [1.82, 2.24) is 4.90 Å². The molecule has 112 valence electrons. The topological polar surface area (TPSA) is 74.7 Å². The summed E-state index contributed by atoms with van der Waals surface area (Å²) in [5.41, 5.74) is 0.540. The molecule has 0 unspecified atom stereocenters. The normalized spacial score (nSPS) is 14.5. The fourth-order valence-corrected chi connectivity index (χ4v) is 2.69. The molecule has 2 amide bonds. The van der Waals surface area contributed by atoms with Gasteiger partial charge in [-0.1, -0.05) is 25.5 Å². The lowest BCUT2D eigenvalue weighted by molar-refractivity contribution is -0.149. The fourth-order valence-electron chi connectivity index (χ4n) is 2.69. The number of fused-ring (bicyclic) bond motifs is 1. The van der Waals surface area contributed by atoms with Gasteiger partial charge < -0.3 is 5.11 Å². The van der Waals surface area contributed by atoms with Crippen molar-refractivity contribution in [2.24, 2.45) is 5.41 Å². The zero-order valence-electron chi connectivity index (χ0n) is 12.5. The lowest BCUT2D eigenvalue weighted by Crippen LogP contribution is -2.45. The van der Waals surface area contributed by atoms with Gasteiger partial charge in [0.05, 0.1) is 16.5 Å². The molecule has 1 aliphatic heterocycles. The summed E-state index contributed by atoms with van der Waals surface area (Å²) < 4.78 is 0. The number of imide groups is 1. The predicted molar refractivity (Wildman–Crippen MR) is 77.2 cm³/mol. The van der Waals surface area contributed by atoms with E-state index >= 15 is 0 Å². The second-order valence-electron chi connectivity index (χ2n) is 5.54. The highest BCUT2D eigenvalue weighted by atomic mass is 16.4. The first-order chi connectivity index (χ1) is 9.86. The maximum atomic E-state index is 12.4. The summed E-state index contributed by atoms with van der Waals surface area (Å²) in [5, 5.41) is 9.47. The van der Waals surface area contributed by atoms with Crippen molar-refractivity contribution < 1.29 is 19.5 Å². The highest BCUT2D eigenvalue weighted by Crippen LogP contribution is 2.32. The molecule has 0 aromatic heterocycles. The van der Waals surface area contributed by atoms with E-state index in [9.17, 15) is 19.5 Å². The van der Waals surface area contributed by atoms with Gasteiger partial charge in [-0.15, -0.1) is 0 Å². The van der Waals surface area contributed by atoms with Crippen molar-refractivity contribution in [1.29, 1.82) is 0 Å². The van der Waals surface area contributed by atoms with Crippen molar-refractivity contribution in [2.75, 3.05) is 6.54 Å². The Labute approximate surface area is 123 Å². The molecule has 0 saturated carbocycles. The summed E-state index contributed by atoms with van der Waals surface area (Å²) in [5.74, 6) is -1.77. The van der Waals surface area contributed by atoms with Crippen molar-refractivity contribution in [3.8, 4) is 0 Å². The van der Waals surface area contributed by atoms with Crippen molar-refractivity contribution in [3.05, 3.63) is 34.9 Å². The SMILES string of the molecule is CCC(CC)(CN1C(=O)c2ccc(C)cc2C1=O)C(=O)O. The monoisotopic (exact) mass is 289 g/mol. The standard InChI is InChI=1S/C16H19NO4/c1-4-16(5-2,15(20)21)9-17-13(18)11-7-6-10(3)8-12(11)14(17)19/h6-8H,4-5,9H2,1-3H3,(H,20,21). The van der Waals surface area contributed by atoms with Crippen LogP contribution in [0.5, 0.6) is 0 Å². The van der Waals surface area contributed by atoms with Gasteiger partial charge in [0.2, 0.25) is 0 Å². The minimum absolute atomic E-state index is 0.0826. The molecule has 0 bridgehead atoms. The summed E-state index contributed by atoms with van der Waals surface area (Å²) in [4.78, 5) is 37.4. The van der Waals surface area contributed by atoms with Crippen LogP contribution in [-0.4, -0.2) is 34.3 Å². The van der Waals surface area contributed by atoms with Crippen molar-refractivity contribution in [3.63, 3.8) is 0 Å². The molecule has 1 aliphatic rings. The summed E-state index contributed by atoms with van der Waals surface area (Å²) in [6, 6.07) is 5.08. The molecule has 0 radical (unpaired) electrons. The third-order valence-electron chi connectivity index (χ3n) is 4.39. The molecule has 5 nitrogen and oxygen atoms in total. The quantitative estimate of drug-likeness (QED) is 0.845. The summed E-state index contributed by atoms with van der Waals surface area (Å²) in [6.45, 7) is 5.29. The van der Waals surface area contributed by atoms with Crippen molar-refractivity contribution in [2.45, 2.75) is 33.6 Å². The Hall–Kier alpha value is -2.17. The number of rotatable bonds is 5. The minimum Gasteiger partial charge on any atom is -0.481 e. The highest BCUT2D eigenvalue weighted by Gasteiger charge is 2.44. The average molecular weight is 289 g/mol. The Balaban J connectivity index is 2.38. The van der Waals surface area contributed by atoms with E-state index in [1.54, 1.807) is 32.0 Å². The molecule has 0 saturated heterocycles. The minimum atomic E-state index is -1.08. The number of carboxylic acid groups (broad SMARTS) is 1. The van der Waals surface area contributed by atoms with Gasteiger partial charge in [-0.25, -0.2) is 0 Å². The molecule has 0 fully saturated rings. The summed E-state index contributed by atoms with van der Waals surface area (Å²) in [6.07, 6.45) is 0.733. The second-order valence-corrected chi connectivity index (χ2v) is 5.54. The van der Waals surface area contributed by atoms with Crippen LogP contribution < -0.4 is 0 Å². The number of hydrogen-bond acceptors (Lipinski definition) is 3. The van der Waals surface area contributed by atoms with Gasteiger partial charge in [-0.2, -0.15) is 0 Å². The van der Waals surface area contributed by atoms with Crippen LogP contribution in [-0.2, 0) is 4.79 Å². The van der Waals surface area contributed by atoms with E-state index in [1.165, 1.54) is 0 Å². The van der Waals surface area contributed by atoms with Crippen LogP contribution in [0.1, 0.15) is 53.0 Å². The lowest BCUT2D eigenvalue weighted by Gasteiger charge is -2.30. The van der Waals surface area contributed by atoms with Crippen LogP contribution in [0.3, 0.4) is 0 Å². The molecule has 0 aliphatic carbocycles. The van der Waals surface area contributed by atoms with Gasteiger partial charge in [0.25, 0.3) is 11.8 Å². The van der Waals surface area contributed by atoms with Gasteiger partial charge in [0, 0.05) is 6.54 Å². The molecular formula is C16H19NO4. The Morgan fingerprint density at radius 3 is 2.24 bits per heavy atom. The molecule has 2 rings (SSSR count). The van der Waals surface area contributed by atoms with E-state index in [1.807, 2.05) is 6.92 Å². The molecule has 0 atom stereocenters. The number of nitrogens with zero attached hydrogens (tertiary/aromatic N) is 1. The van der Waals surface area contributed by atoms with E-state index in [0.717, 1.165) is 10.5 Å². The van der Waals surface area contributed by atoms with Crippen LogP contribution in [0, 0.1) is 12.3 Å². The number of carbonyl (C=O) groups is 3. The Bertz CT molecular complexity index is 617. The Kier molecular flexibility index (Phi) is 3.85. The van der Waals surface area contributed by atoms with Gasteiger partial charge in [0.1, 0.15) is 0 Å². The third-order valence-corrected chi connectivity index (χ3v) is 4.39. The number of carboxylic acids is 1. The number of amides is 2. The average Bonchev–Trinajstić information content (AvgIpc) is 2.68. The molecule has 21 heavy (non-hydrogen) atoms. The molecular weight excluding hydrogens is 270 g/mol. The fraction of sp³-hybridized carbons (Fsp3) is 0.438. The van der Waals surface area contributed by atoms with E-state index in [-0.39, 0.29) is 6.54 Å². The van der Waals surface area contributed by atoms with E-state index < -0.39 is 23.2 Å². The van der Waals surface area contributed by atoms with Crippen LogP contribution in [0.15, 0.2) is 18.2 Å². The number of hydrogen-bond donors (Lipinski definition) is 1. The zero-order valence-corrected chi connectivity index (χ0v) is 12.5. The first kappa shape index (κ1) is 15.2. The Morgan fingerprint density at radius 2 is 1.71 bits per heavy atom. The number of benzene rings is 1. The number of aliphatic carboxylic acids is 1. The zero-order chi connectivity index (χ0) is 15.8. The molecule has 1 N–H and O–H groups in total. The van der Waals surface area contributed by atoms with Crippen LogP contribution >= 0.6 is 0 Å². The largest absolute Gasteiger partial charge is 0.481 e. The van der Waals surface area contributed by atoms with E-state index in [4.69, 9.17) is 0 Å². The van der Waals surface area contributed by atoms with Crippen LogP contribution in [0.2, 0.25) is 0 Å². The molecule has 1 heterocycles. The molecule has 5 heteroatoms. The number of aryl methyl sites for hydroxylation is 1. The summed E-state index contributed by atoms with van der Waals surface area (Å²) in [7, 11) is 0. The first-order valence-electron chi connectivity index (χ1n) is 7.06. The molecule has 1 aromatic rings. The lowest BCUT2D eigenvalue weighted by atomic mass is 9.82. The molecule has 1 aromatic carbocycles. The van der Waals surface area contributed by atoms with Crippen LogP contribution in [0.4, 0.5) is 0 Å². The second kappa shape index (κ2) is 5.31. The number of carbonyl (C=O) groups excluding carboxylic acids is 2. The third kappa shape index (κ3) is 2.33. The van der Waals surface area contributed by atoms with Crippen molar-refractivity contribution >= 4 is 17.8 Å². The predicted octanol–water partition coefficient (Wildman–Crippen LogP) is 2.48. The maximum Gasteiger partial charge on any atom is 0.311 e. The first-order valence-corrected chi connectivity index (χ1v) is 7.06. The van der Waals surface area contributed by atoms with E-state index in [2.05, 4.69) is 0 Å². The van der Waals surface area contributed by atoms with Gasteiger partial charge in [-0.3, -0.25) is 19.3 Å². The summed E-state index contributed by atoms with van der Waals surface area (Å²) >= 11 is 0. The smallest absolute Gasteiger partial charge is 0.311 e. The van der Waals surface area contributed by atoms with Gasteiger partial charge in [0.15, 0.2) is 0 Å². The molecule has 0 spiro atoms.